The number of aromatic hydroxyl groups is 2. The van der Waals surface area contributed by atoms with Crippen molar-refractivity contribution in [3.05, 3.63) is 52.7 Å². The summed E-state index contributed by atoms with van der Waals surface area (Å²) in [4.78, 5) is 0. The summed E-state index contributed by atoms with van der Waals surface area (Å²) >= 11 is 4.67. The number of phenols is 2. The molecule has 2 N–H and O–H groups in total. The van der Waals surface area contributed by atoms with Crippen molar-refractivity contribution in [2.24, 2.45) is 0 Å². The Kier molecular flexibility index (Phi) is 4.23. The summed E-state index contributed by atoms with van der Waals surface area (Å²) in [5.41, 5.74) is 7.03. The number of rotatable bonds is 0. The van der Waals surface area contributed by atoms with Crippen molar-refractivity contribution >= 4 is 45.2 Å². The minimum atomic E-state index is -0.166. The summed E-state index contributed by atoms with van der Waals surface area (Å²) in [7, 11) is 0. The monoisotopic (exact) mass is 588 g/mol. The molecule has 0 radical (unpaired) electrons. The van der Waals surface area contributed by atoms with E-state index in [1.165, 1.54) is 22.3 Å². The molecule has 0 fully saturated rings. The van der Waals surface area contributed by atoms with Crippen LogP contribution in [0.4, 0.5) is 0 Å². The molecule has 0 saturated carbocycles. The van der Waals surface area contributed by atoms with E-state index in [0.717, 1.165) is 31.1 Å². The van der Waals surface area contributed by atoms with Gasteiger partial charge in [0, 0.05) is 5.41 Å². The Morgan fingerprint density at radius 1 is 0.741 bits per heavy atom. The van der Waals surface area contributed by atoms with Gasteiger partial charge in [0.05, 0.1) is 7.14 Å². The van der Waals surface area contributed by atoms with Crippen LogP contribution in [0.15, 0.2) is 12.1 Å². The lowest BCUT2D eigenvalue weighted by Gasteiger charge is -2.32. The molecular weight excluding hydrogens is 562 g/mol. The van der Waals surface area contributed by atoms with E-state index >= 15 is 0 Å². The van der Waals surface area contributed by atoms with Crippen LogP contribution in [0.1, 0.15) is 73.9 Å². The predicted molar refractivity (Wildman–Crippen MR) is 127 cm³/mol. The fraction of sp³-hybridized carbons (Fsp3) is 0.478. The molecule has 1 spiro atoms. The van der Waals surface area contributed by atoms with E-state index in [0.29, 0.717) is 11.5 Å². The maximum atomic E-state index is 10.8. The highest BCUT2D eigenvalue weighted by molar-refractivity contribution is 14.1. The highest BCUT2D eigenvalue weighted by atomic mass is 127. The minimum Gasteiger partial charge on any atom is -0.507 e. The number of fused-ring (bicyclic) bond motifs is 4. The first-order chi connectivity index (χ1) is 12.3. The van der Waals surface area contributed by atoms with Gasteiger partial charge in [-0.15, -0.1) is 0 Å². The number of phenolic OH excluding ortho intramolecular Hbond substituents is 2. The van der Waals surface area contributed by atoms with Gasteiger partial charge in [0.15, 0.2) is 0 Å². The molecular formula is C23H26I2O2. The highest BCUT2D eigenvalue weighted by Gasteiger charge is 2.58. The molecule has 0 atom stereocenters. The maximum Gasteiger partial charge on any atom is 0.132 e. The van der Waals surface area contributed by atoms with Gasteiger partial charge in [0.25, 0.3) is 0 Å². The second-order valence-electron chi connectivity index (χ2n) is 9.76. The molecule has 0 unspecified atom stereocenters. The van der Waals surface area contributed by atoms with Gasteiger partial charge in [-0.1, -0.05) is 39.8 Å². The molecule has 2 nitrogen and oxygen atoms in total. The molecule has 0 aliphatic heterocycles. The number of halogens is 2. The van der Waals surface area contributed by atoms with E-state index in [9.17, 15) is 10.2 Å². The SMILES string of the molecule is Cc1cc2c(c(I)c1O)C1(CC2(C)C)CC(C)(C)c2cc(C)c(O)c(I)c21. The molecule has 144 valence electrons. The second kappa shape index (κ2) is 5.77. The van der Waals surface area contributed by atoms with Crippen LogP contribution in [0.25, 0.3) is 0 Å². The normalized spacial score (nSPS) is 20.7. The van der Waals surface area contributed by atoms with Crippen molar-refractivity contribution in [1.29, 1.82) is 0 Å². The van der Waals surface area contributed by atoms with Crippen LogP contribution >= 0.6 is 45.2 Å². The summed E-state index contributed by atoms with van der Waals surface area (Å²) < 4.78 is 1.96. The van der Waals surface area contributed by atoms with E-state index in [1.807, 2.05) is 13.8 Å². The third-order valence-corrected chi connectivity index (χ3v) is 8.87. The summed E-state index contributed by atoms with van der Waals surface area (Å²) in [6.07, 6.45) is 2.01. The fourth-order valence-electron chi connectivity index (χ4n) is 5.78. The first kappa shape index (κ1) is 19.8. The molecule has 0 heterocycles. The molecule has 0 bridgehead atoms. The van der Waals surface area contributed by atoms with Crippen molar-refractivity contribution in [1.82, 2.24) is 0 Å². The lowest BCUT2D eigenvalue weighted by molar-refractivity contribution is 0.347. The van der Waals surface area contributed by atoms with Crippen molar-refractivity contribution in [2.75, 3.05) is 0 Å². The molecule has 0 saturated heterocycles. The third-order valence-electron chi connectivity index (χ3n) is 6.76. The number of hydrogen-bond donors (Lipinski definition) is 2. The van der Waals surface area contributed by atoms with E-state index in [4.69, 9.17) is 0 Å². The average molecular weight is 588 g/mol. The molecule has 4 heteroatoms. The third kappa shape index (κ3) is 2.47. The maximum absolute atomic E-state index is 10.8. The zero-order valence-corrected chi connectivity index (χ0v) is 21.0. The molecule has 2 aliphatic rings. The molecule has 0 amide bonds. The van der Waals surface area contributed by atoms with Crippen LogP contribution in [-0.2, 0) is 16.2 Å². The van der Waals surface area contributed by atoms with Crippen molar-refractivity contribution < 1.29 is 10.2 Å². The second-order valence-corrected chi connectivity index (χ2v) is 11.9. The van der Waals surface area contributed by atoms with Crippen LogP contribution in [-0.4, -0.2) is 10.2 Å². The Morgan fingerprint density at radius 2 is 1.07 bits per heavy atom. The minimum absolute atomic E-state index is 0.0228. The molecule has 4 rings (SSSR count). The first-order valence-corrected chi connectivity index (χ1v) is 11.6. The van der Waals surface area contributed by atoms with Crippen LogP contribution in [0.2, 0.25) is 0 Å². The largest absolute Gasteiger partial charge is 0.507 e. The molecule has 2 aromatic carbocycles. The van der Waals surface area contributed by atoms with E-state index in [2.05, 4.69) is 85.0 Å². The van der Waals surface area contributed by atoms with Gasteiger partial charge in [0.2, 0.25) is 0 Å². The highest BCUT2D eigenvalue weighted by Crippen LogP contribution is 2.65. The molecule has 0 aromatic heterocycles. The number of hydrogen-bond acceptors (Lipinski definition) is 2. The fourth-order valence-corrected chi connectivity index (χ4v) is 8.24. The van der Waals surface area contributed by atoms with Crippen LogP contribution in [0.5, 0.6) is 11.5 Å². The lowest BCUT2D eigenvalue weighted by Crippen LogP contribution is -2.28. The molecule has 2 aliphatic carbocycles. The van der Waals surface area contributed by atoms with E-state index in [1.54, 1.807) is 0 Å². The number of aryl methyl sites for hydroxylation is 2. The van der Waals surface area contributed by atoms with Crippen LogP contribution in [0.3, 0.4) is 0 Å². The van der Waals surface area contributed by atoms with Crippen LogP contribution in [0, 0.1) is 21.0 Å². The van der Waals surface area contributed by atoms with Gasteiger partial charge in [-0.2, -0.15) is 0 Å². The van der Waals surface area contributed by atoms with Gasteiger partial charge < -0.3 is 10.2 Å². The Labute approximate surface area is 189 Å². The number of benzene rings is 2. The smallest absolute Gasteiger partial charge is 0.132 e. The van der Waals surface area contributed by atoms with Crippen LogP contribution < -0.4 is 0 Å². The zero-order valence-electron chi connectivity index (χ0n) is 16.7. The van der Waals surface area contributed by atoms with Gasteiger partial charge >= 0.3 is 0 Å². The predicted octanol–water partition coefficient (Wildman–Crippen LogP) is 6.57. The van der Waals surface area contributed by atoms with E-state index < -0.39 is 0 Å². The molecule has 2 aromatic rings. The van der Waals surface area contributed by atoms with Gasteiger partial charge in [0.1, 0.15) is 11.5 Å². The Hall–Kier alpha value is -0.500. The topological polar surface area (TPSA) is 40.5 Å². The quantitative estimate of drug-likeness (QED) is 0.342. The van der Waals surface area contributed by atoms with Gasteiger partial charge in [-0.05, 0) is 116 Å². The Morgan fingerprint density at radius 3 is 1.41 bits per heavy atom. The van der Waals surface area contributed by atoms with Crippen molar-refractivity contribution in [3.8, 4) is 11.5 Å². The standard InChI is InChI=1S/C23H26I2O2/c1-11-7-13-15(17(24)19(11)26)23(9-21(13,3)4)10-22(5,6)14-8-12(2)20(27)18(25)16(14)23/h7-8,26-27H,9-10H2,1-6H3. The molecule has 27 heavy (non-hydrogen) atoms. The van der Waals surface area contributed by atoms with Crippen molar-refractivity contribution in [3.63, 3.8) is 0 Å². The summed E-state index contributed by atoms with van der Waals surface area (Å²) in [5.74, 6) is 0.813. The first-order valence-electron chi connectivity index (χ1n) is 9.39. The van der Waals surface area contributed by atoms with E-state index in [-0.39, 0.29) is 16.2 Å². The van der Waals surface area contributed by atoms with Crippen molar-refractivity contribution in [2.45, 2.75) is 70.6 Å². The van der Waals surface area contributed by atoms with Gasteiger partial charge in [-0.3, -0.25) is 0 Å². The Bertz CT molecular complexity index is 921. The summed E-state index contributed by atoms with van der Waals surface area (Å²) in [6, 6.07) is 4.38. The Balaban J connectivity index is 2.16. The van der Waals surface area contributed by atoms with Gasteiger partial charge in [-0.25, -0.2) is 0 Å². The zero-order chi connectivity index (χ0) is 20.1. The summed E-state index contributed by atoms with van der Waals surface area (Å²) in [6.45, 7) is 13.3. The average Bonchev–Trinajstić information content (AvgIpc) is 2.89. The lowest BCUT2D eigenvalue weighted by atomic mass is 9.72. The summed E-state index contributed by atoms with van der Waals surface area (Å²) in [5, 5.41) is 21.5.